The lowest BCUT2D eigenvalue weighted by molar-refractivity contribution is 0.269. The Labute approximate surface area is 107 Å². The number of hydrogen-bond donors (Lipinski definition) is 1. The molecule has 1 N–H and O–H groups in total. The predicted octanol–water partition coefficient (Wildman–Crippen LogP) is 2.32. The fourth-order valence-corrected chi connectivity index (χ4v) is 2.14. The molecule has 0 aliphatic rings. The van der Waals surface area contributed by atoms with Gasteiger partial charge in [-0.15, -0.1) is 5.10 Å². The molecule has 0 saturated heterocycles. The molecular weight excluding hydrogens is 254 g/mol. The maximum Gasteiger partial charge on any atom is 0.485 e. The van der Waals surface area contributed by atoms with Crippen molar-refractivity contribution in [2.75, 3.05) is 19.5 Å². The van der Waals surface area contributed by atoms with Gasteiger partial charge in [0, 0.05) is 18.2 Å². The zero-order valence-corrected chi connectivity index (χ0v) is 10.7. The van der Waals surface area contributed by atoms with Gasteiger partial charge in [0.15, 0.2) is 5.38 Å². The molecule has 1 amide bonds. The van der Waals surface area contributed by atoms with Crippen LogP contribution in [0.2, 0.25) is 0 Å². The van der Waals surface area contributed by atoms with Crippen LogP contribution in [0, 0.1) is 0 Å². The number of methoxy groups -OCH3 is 2. The van der Waals surface area contributed by atoms with Gasteiger partial charge >= 0.3 is 5.24 Å². The van der Waals surface area contributed by atoms with E-state index in [1.54, 1.807) is 37.8 Å². The molecule has 6 nitrogen and oxygen atoms in total. The topological polar surface area (TPSA) is 73.3 Å². The van der Waals surface area contributed by atoms with Crippen molar-refractivity contribution in [3.8, 4) is 11.5 Å². The first-order valence-corrected chi connectivity index (χ1v) is 6.32. The summed E-state index contributed by atoms with van der Waals surface area (Å²) in [4.78, 5) is 11.8. The van der Waals surface area contributed by atoms with E-state index in [-0.39, 0.29) is 5.24 Å². The molecule has 0 bridgehead atoms. The molecule has 0 saturated carbocycles. The Morgan fingerprint density at radius 2 is 1.89 bits per heavy atom. The quantitative estimate of drug-likeness (QED) is 0.860. The van der Waals surface area contributed by atoms with Crippen molar-refractivity contribution in [3.05, 3.63) is 29.8 Å². The number of nitrogens with zero attached hydrogens (tertiary/aromatic N) is 2. The molecule has 7 heteroatoms. The summed E-state index contributed by atoms with van der Waals surface area (Å²) in [7, 11) is 2.26. The number of anilines is 1. The molecule has 0 fully saturated rings. The number of aromatic nitrogens is 2. The van der Waals surface area contributed by atoms with Crippen molar-refractivity contribution >= 4 is 21.6 Å². The van der Waals surface area contributed by atoms with Crippen LogP contribution in [0.1, 0.15) is 0 Å². The summed E-state index contributed by atoms with van der Waals surface area (Å²) in [5, 5.41) is 7.81. The summed E-state index contributed by atoms with van der Waals surface area (Å²) in [6, 6.07) is 5.15. The van der Waals surface area contributed by atoms with E-state index in [4.69, 9.17) is 9.47 Å². The number of benzene rings is 1. The molecule has 1 atom stereocenters. The van der Waals surface area contributed by atoms with Crippen LogP contribution in [-0.2, 0) is 0 Å². The predicted molar refractivity (Wildman–Crippen MR) is 68.5 cm³/mol. The molecule has 1 unspecified atom stereocenters. The van der Waals surface area contributed by atoms with Gasteiger partial charge in [-0.05, 0) is 0 Å². The maximum absolute atomic E-state index is 11.8. The van der Waals surface area contributed by atoms with E-state index in [0.717, 1.165) is 0 Å². The van der Waals surface area contributed by atoms with E-state index in [9.17, 15) is 4.79 Å². The Morgan fingerprint density at radius 3 is 2.39 bits per heavy atom. The zero-order valence-electron chi connectivity index (χ0n) is 9.91. The number of carbonyl (C=O) groups excluding carboxylic acids is 1. The third kappa shape index (κ3) is 2.75. The lowest BCUT2D eigenvalue weighted by atomic mass is 10.3. The largest absolute Gasteiger partial charge is 0.497 e. The second kappa shape index (κ2) is 5.46. The van der Waals surface area contributed by atoms with E-state index >= 15 is 0 Å². The van der Waals surface area contributed by atoms with E-state index < -0.39 is 10.7 Å². The highest BCUT2D eigenvalue weighted by molar-refractivity contribution is 7.46. The van der Waals surface area contributed by atoms with E-state index in [1.807, 2.05) is 0 Å². The highest BCUT2D eigenvalue weighted by atomic mass is 32.2. The minimum atomic E-state index is -0.844. The molecule has 2 rings (SSSR count). The Bertz CT molecular complexity index is 520. The van der Waals surface area contributed by atoms with E-state index in [0.29, 0.717) is 17.2 Å². The Morgan fingerprint density at radius 1 is 1.22 bits per heavy atom. The Kier molecular flexibility index (Phi) is 3.73. The lowest BCUT2D eigenvalue weighted by Gasteiger charge is -2.07. The van der Waals surface area contributed by atoms with Gasteiger partial charge in [0.05, 0.1) is 24.4 Å². The van der Waals surface area contributed by atoms with E-state index in [2.05, 4.69) is 14.9 Å². The van der Waals surface area contributed by atoms with Crippen LogP contribution in [0.25, 0.3) is 0 Å². The van der Waals surface area contributed by atoms with Gasteiger partial charge in [-0.1, -0.05) is 0 Å². The summed E-state index contributed by atoms with van der Waals surface area (Å²) >= 11 is 0. The summed E-state index contributed by atoms with van der Waals surface area (Å²) in [5.74, 6) is 1.22. The molecule has 2 aromatic rings. The van der Waals surface area contributed by atoms with Crippen LogP contribution in [-0.4, -0.2) is 29.0 Å². The second-order valence-corrected chi connectivity index (χ2v) is 4.75. The number of nitrogens with one attached hydrogen (secondary N) is 1. The second-order valence-electron chi connectivity index (χ2n) is 3.31. The van der Waals surface area contributed by atoms with Crippen LogP contribution >= 0.6 is 10.7 Å². The van der Waals surface area contributed by atoms with Gasteiger partial charge < -0.3 is 9.47 Å². The molecule has 0 aliphatic heterocycles. The van der Waals surface area contributed by atoms with Crippen LogP contribution in [0.3, 0.4) is 0 Å². The van der Waals surface area contributed by atoms with Gasteiger partial charge in [-0.3, -0.25) is 5.32 Å². The molecular formula is C11H12N3O3S+. The van der Waals surface area contributed by atoms with Crippen LogP contribution in [0.15, 0.2) is 29.8 Å². The number of amides is 1. The normalized spacial score (nSPS) is 10.9. The highest BCUT2D eigenvalue weighted by Gasteiger charge is 2.20. The molecule has 94 valence electrons. The first-order valence-electron chi connectivity index (χ1n) is 5.07. The average molecular weight is 266 g/mol. The van der Waals surface area contributed by atoms with Gasteiger partial charge in [0.2, 0.25) is 10.7 Å². The van der Waals surface area contributed by atoms with Crippen molar-refractivity contribution in [1.82, 2.24) is 9.59 Å². The molecule has 1 aromatic carbocycles. The molecule has 0 spiro atoms. The van der Waals surface area contributed by atoms with E-state index in [1.165, 1.54) is 6.20 Å². The lowest BCUT2D eigenvalue weighted by Crippen LogP contribution is -2.06. The van der Waals surface area contributed by atoms with Crippen LogP contribution in [0.4, 0.5) is 10.5 Å². The Hall–Kier alpha value is -2.15. The monoisotopic (exact) mass is 266 g/mol. The number of hydrogen-bond acceptors (Lipinski definition) is 5. The minimum absolute atomic E-state index is 0.220. The van der Waals surface area contributed by atoms with Crippen molar-refractivity contribution in [3.63, 3.8) is 0 Å². The van der Waals surface area contributed by atoms with Crippen molar-refractivity contribution < 1.29 is 14.3 Å². The Balaban J connectivity index is 2.20. The number of ether oxygens (including phenoxy) is 2. The zero-order chi connectivity index (χ0) is 13.0. The first-order chi connectivity index (χ1) is 8.72. The van der Waals surface area contributed by atoms with Crippen LogP contribution < -0.4 is 14.8 Å². The molecule has 1 heterocycles. The summed E-state index contributed by atoms with van der Waals surface area (Å²) in [6.07, 6.45) is 1.51. The minimum Gasteiger partial charge on any atom is -0.497 e. The SMILES string of the molecule is COc1cc(NC(=O)[s+]2ccnn2)cc(OC)c1. The van der Waals surface area contributed by atoms with Gasteiger partial charge in [-0.2, -0.15) is 0 Å². The van der Waals surface area contributed by atoms with Crippen LogP contribution in [0.5, 0.6) is 11.5 Å². The van der Waals surface area contributed by atoms with Crippen molar-refractivity contribution in [2.24, 2.45) is 0 Å². The summed E-state index contributed by atoms with van der Waals surface area (Å²) < 4.78 is 14.0. The summed E-state index contributed by atoms with van der Waals surface area (Å²) in [6.45, 7) is 0. The van der Waals surface area contributed by atoms with Gasteiger partial charge in [0.25, 0.3) is 0 Å². The fourth-order valence-electron chi connectivity index (χ4n) is 1.34. The standard InChI is InChI=1S/C11H11N3O3S/c1-16-9-5-8(6-10(7-9)17-2)13-11(15)18-4-3-12-14-18/h3-7H,1-2H3/p+1. The van der Waals surface area contributed by atoms with Crippen molar-refractivity contribution in [1.29, 1.82) is 0 Å². The third-order valence-corrected chi connectivity index (χ3v) is 3.31. The van der Waals surface area contributed by atoms with Crippen molar-refractivity contribution in [2.45, 2.75) is 0 Å². The molecule has 0 radical (unpaired) electrons. The number of rotatable bonds is 4. The first kappa shape index (κ1) is 12.3. The highest BCUT2D eigenvalue weighted by Crippen LogP contribution is 2.27. The smallest absolute Gasteiger partial charge is 0.485 e. The maximum atomic E-state index is 11.8. The average Bonchev–Trinajstić information content (AvgIpc) is 2.92. The van der Waals surface area contributed by atoms with Gasteiger partial charge in [0.1, 0.15) is 17.7 Å². The number of carbonyl (C=O) groups is 1. The third-order valence-electron chi connectivity index (χ3n) is 2.18. The van der Waals surface area contributed by atoms with Gasteiger partial charge in [-0.25, -0.2) is 4.79 Å². The fraction of sp³-hybridized carbons (Fsp3) is 0.182. The summed E-state index contributed by atoms with van der Waals surface area (Å²) in [5.41, 5.74) is 0.596. The molecule has 0 aliphatic carbocycles. The molecule has 18 heavy (non-hydrogen) atoms. The molecule has 1 aromatic heterocycles.